The van der Waals surface area contributed by atoms with Crippen LogP contribution in [-0.2, 0) is 12.7 Å². The first-order chi connectivity index (χ1) is 11.9. The molecule has 0 spiro atoms. The lowest BCUT2D eigenvalue weighted by Gasteiger charge is -2.10. The summed E-state index contributed by atoms with van der Waals surface area (Å²) < 4.78 is 39.7. The average molecular weight is 367 g/mol. The van der Waals surface area contributed by atoms with Crippen LogP contribution in [0.1, 0.15) is 36.5 Å². The number of rotatable bonds is 5. The van der Waals surface area contributed by atoms with Crippen LogP contribution in [0.15, 0.2) is 42.0 Å². The number of aromatic nitrogens is 3. The van der Waals surface area contributed by atoms with Crippen LogP contribution in [0.4, 0.5) is 13.2 Å². The van der Waals surface area contributed by atoms with Gasteiger partial charge in [0.05, 0.1) is 17.8 Å². The molecule has 0 amide bonds. The van der Waals surface area contributed by atoms with Gasteiger partial charge >= 0.3 is 6.18 Å². The van der Waals surface area contributed by atoms with Gasteiger partial charge in [-0.25, -0.2) is 9.97 Å². The first-order valence-electron chi connectivity index (χ1n) is 7.69. The van der Waals surface area contributed by atoms with E-state index in [0.29, 0.717) is 29.4 Å². The van der Waals surface area contributed by atoms with E-state index >= 15 is 0 Å². The molecule has 1 atom stereocenters. The largest absolute Gasteiger partial charge is 0.416 e. The van der Waals surface area contributed by atoms with E-state index < -0.39 is 17.8 Å². The monoisotopic (exact) mass is 367 g/mol. The second-order valence-electron chi connectivity index (χ2n) is 5.56. The quantitative estimate of drug-likeness (QED) is 0.721. The molecule has 0 unspecified atom stereocenters. The molecule has 4 nitrogen and oxygen atoms in total. The van der Waals surface area contributed by atoms with Crippen molar-refractivity contribution in [3.63, 3.8) is 0 Å². The molecule has 8 heteroatoms. The van der Waals surface area contributed by atoms with E-state index in [4.69, 9.17) is 0 Å². The highest BCUT2D eigenvalue weighted by atomic mass is 32.1. The third-order valence-corrected chi connectivity index (χ3v) is 4.72. The number of thiazole rings is 1. The van der Waals surface area contributed by atoms with Gasteiger partial charge in [-0.05, 0) is 18.6 Å². The van der Waals surface area contributed by atoms with Gasteiger partial charge in [0.2, 0.25) is 0 Å². The van der Waals surface area contributed by atoms with Crippen molar-refractivity contribution in [1.29, 1.82) is 0 Å². The molecule has 3 aromatic rings. The van der Waals surface area contributed by atoms with E-state index in [1.165, 1.54) is 23.5 Å². The minimum atomic E-state index is -4.34. The van der Waals surface area contributed by atoms with Gasteiger partial charge in [0.15, 0.2) is 0 Å². The smallest absolute Gasteiger partial charge is 0.385 e. The molecular formula is C17H16F3N3OS. The van der Waals surface area contributed by atoms with Gasteiger partial charge in [-0.15, -0.1) is 11.3 Å². The molecule has 132 valence electrons. The summed E-state index contributed by atoms with van der Waals surface area (Å²) in [5, 5.41) is 12.5. The van der Waals surface area contributed by atoms with E-state index in [9.17, 15) is 18.3 Å². The summed E-state index contributed by atoms with van der Waals surface area (Å²) in [5.41, 5.74) is 0.732. The molecule has 0 saturated carbocycles. The summed E-state index contributed by atoms with van der Waals surface area (Å²) in [5.74, 6) is 0.576. The summed E-state index contributed by atoms with van der Waals surface area (Å²) in [7, 11) is 0. The highest BCUT2D eigenvalue weighted by molar-refractivity contribution is 7.13. The summed E-state index contributed by atoms with van der Waals surface area (Å²) >= 11 is 1.37. The maximum atomic E-state index is 12.6. The molecule has 0 aliphatic carbocycles. The Balaban J connectivity index is 1.78. The Morgan fingerprint density at radius 2 is 1.96 bits per heavy atom. The van der Waals surface area contributed by atoms with Crippen molar-refractivity contribution in [1.82, 2.24) is 14.5 Å². The maximum Gasteiger partial charge on any atom is 0.416 e. The summed E-state index contributed by atoms with van der Waals surface area (Å²) in [6.45, 7) is 2.32. The minimum absolute atomic E-state index is 0.448. The number of aliphatic hydroxyl groups is 1. The molecular weight excluding hydrogens is 351 g/mol. The Hall–Kier alpha value is -2.19. The topological polar surface area (TPSA) is 50.9 Å². The highest BCUT2D eigenvalue weighted by Crippen LogP contribution is 2.32. The summed E-state index contributed by atoms with van der Waals surface area (Å²) in [6, 6.07) is 4.97. The molecule has 0 aliphatic heterocycles. The minimum Gasteiger partial charge on any atom is -0.385 e. The van der Waals surface area contributed by atoms with E-state index in [1.54, 1.807) is 12.4 Å². The molecule has 0 fully saturated rings. The second-order valence-corrected chi connectivity index (χ2v) is 6.41. The Kier molecular flexibility index (Phi) is 4.91. The number of alkyl halides is 3. The fraction of sp³-hybridized carbons (Fsp3) is 0.294. The number of imidazole rings is 1. The standard InChI is InChI=1S/C17H16F3N3OS/c1-2-14(24)15-21-7-8-23(15)9-13-10-25-16(22-13)11-3-5-12(6-4-11)17(18,19)20/h3-8,10,14,24H,2,9H2,1H3/t14-/m1/s1. The lowest BCUT2D eigenvalue weighted by Crippen LogP contribution is -2.09. The Morgan fingerprint density at radius 3 is 2.60 bits per heavy atom. The number of aliphatic hydroxyl groups excluding tert-OH is 1. The third kappa shape index (κ3) is 3.91. The van der Waals surface area contributed by atoms with Gasteiger partial charge in [0, 0.05) is 23.3 Å². The van der Waals surface area contributed by atoms with Crippen LogP contribution < -0.4 is 0 Å². The molecule has 2 aromatic heterocycles. The fourth-order valence-corrected chi connectivity index (χ4v) is 3.24. The van der Waals surface area contributed by atoms with Gasteiger partial charge in [-0.3, -0.25) is 0 Å². The van der Waals surface area contributed by atoms with Crippen LogP contribution in [0.3, 0.4) is 0 Å². The van der Waals surface area contributed by atoms with Crippen LogP contribution in [0.2, 0.25) is 0 Å². The predicted octanol–water partition coefficient (Wildman–Crippen LogP) is 4.52. The zero-order valence-electron chi connectivity index (χ0n) is 13.4. The summed E-state index contributed by atoms with van der Waals surface area (Å²) in [6.07, 6.45) is -1.03. The first kappa shape index (κ1) is 17.6. The van der Waals surface area contributed by atoms with E-state index in [-0.39, 0.29) is 0 Å². The zero-order chi connectivity index (χ0) is 18.0. The highest BCUT2D eigenvalue weighted by Gasteiger charge is 2.30. The molecule has 0 aliphatic rings. The van der Waals surface area contributed by atoms with Crippen LogP contribution >= 0.6 is 11.3 Å². The lowest BCUT2D eigenvalue weighted by molar-refractivity contribution is -0.137. The molecule has 1 aromatic carbocycles. The van der Waals surface area contributed by atoms with E-state index in [0.717, 1.165) is 17.8 Å². The Morgan fingerprint density at radius 1 is 1.24 bits per heavy atom. The van der Waals surface area contributed by atoms with E-state index in [2.05, 4.69) is 9.97 Å². The number of hydrogen-bond donors (Lipinski definition) is 1. The molecule has 3 rings (SSSR count). The average Bonchev–Trinajstić information content (AvgIpc) is 3.23. The number of hydrogen-bond acceptors (Lipinski definition) is 4. The van der Waals surface area contributed by atoms with Crippen molar-refractivity contribution in [2.24, 2.45) is 0 Å². The van der Waals surface area contributed by atoms with Crippen molar-refractivity contribution in [2.75, 3.05) is 0 Å². The van der Waals surface area contributed by atoms with Gasteiger partial charge in [-0.2, -0.15) is 13.2 Å². The number of halogens is 3. The molecule has 0 radical (unpaired) electrons. The SMILES string of the molecule is CC[C@@H](O)c1nccn1Cc1csc(-c2ccc(C(F)(F)F)cc2)n1. The lowest BCUT2D eigenvalue weighted by atomic mass is 10.1. The van der Waals surface area contributed by atoms with Crippen molar-refractivity contribution in [2.45, 2.75) is 32.2 Å². The molecule has 0 bridgehead atoms. The van der Waals surface area contributed by atoms with Gasteiger partial charge in [-0.1, -0.05) is 19.1 Å². The van der Waals surface area contributed by atoms with Crippen LogP contribution in [0.5, 0.6) is 0 Å². The Bertz CT molecular complexity index is 839. The second kappa shape index (κ2) is 6.97. The zero-order valence-corrected chi connectivity index (χ0v) is 14.2. The molecule has 2 heterocycles. The third-order valence-electron chi connectivity index (χ3n) is 3.78. The van der Waals surface area contributed by atoms with E-state index in [1.807, 2.05) is 16.9 Å². The van der Waals surface area contributed by atoms with Crippen molar-refractivity contribution >= 4 is 11.3 Å². The normalized spacial score (nSPS) is 13.2. The van der Waals surface area contributed by atoms with Crippen molar-refractivity contribution < 1.29 is 18.3 Å². The fourth-order valence-electron chi connectivity index (χ4n) is 2.42. The first-order valence-corrected chi connectivity index (χ1v) is 8.57. The van der Waals surface area contributed by atoms with Crippen molar-refractivity contribution in [3.8, 4) is 10.6 Å². The molecule has 0 saturated heterocycles. The van der Waals surface area contributed by atoms with Crippen molar-refractivity contribution in [3.05, 3.63) is 59.1 Å². The van der Waals surface area contributed by atoms with Crippen LogP contribution in [0.25, 0.3) is 10.6 Å². The van der Waals surface area contributed by atoms with Crippen LogP contribution in [0, 0.1) is 0 Å². The molecule has 1 N–H and O–H groups in total. The van der Waals surface area contributed by atoms with Gasteiger partial charge in [0.1, 0.15) is 16.9 Å². The maximum absolute atomic E-state index is 12.6. The molecule has 25 heavy (non-hydrogen) atoms. The predicted molar refractivity (Wildman–Crippen MR) is 89.1 cm³/mol. The van der Waals surface area contributed by atoms with Crippen LogP contribution in [-0.4, -0.2) is 19.6 Å². The number of benzene rings is 1. The van der Waals surface area contributed by atoms with Gasteiger partial charge in [0.25, 0.3) is 0 Å². The summed E-state index contributed by atoms with van der Waals surface area (Å²) in [4.78, 5) is 8.64. The Labute approximate surface area is 146 Å². The van der Waals surface area contributed by atoms with Gasteiger partial charge < -0.3 is 9.67 Å². The number of nitrogens with zero attached hydrogens (tertiary/aromatic N) is 3.